The summed E-state index contributed by atoms with van der Waals surface area (Å²) >= 11 is 0. The molecule has 0 atom stereocenters. The number of guanidine groups is 1. The van der Waals surface area contributed by atoms with Crippen LogP contribution >= 0.6 is 24.0 Å². The highest BCUT2D eigenvalue weighted by Crippen LogP contribution is 2.02. The third kappa shape index (κ3) is 8.81. The summed E-state index contributed by atoms with van der Waals surface area (Å²) in [6.45, 7) is 1.87. The quantitative estimate of drug-likeness (QED) is 0.223. The minimum Gasteiger partial charge on any atom is -0.467 e. The predicted octanol–water partition coefficient (Wildman–Crippen LogP) is 2.00. The number of anilines is 1. The van der Waals surface area contributed by atoms with E-state index < -0.39 is 0 Å². The number of amides is 1. The van der Waals surface area contributed by atoms with Gasteiger partial charge in [0.05, 0.1) is 24.7 Å². The SMILES string of the molecule is CN=C(NCCCOCc1ccco1)NCC(=O)Nc1cccnc1.I. The Kier molecular flexibility index (Phi) is 11.0. The molecule has 3 N–H and O–H groups in total. The van der Waals surface area contributed by atoms with Crippen LogP contribution < -0.4 is 16.0 Å². The van der Waals surface area contributed by atoms with Crippen LogP contribution in [0.4, 0.5) is 5.69 Å². The summed E-state index contributed by atoms with van der Waals surface area (Å²) < 4.78 is 10.7. The summed E-state index contributed by atoms with van der Waals surface area (Å²) in [5, 5.41) is 8.82. The first kappa shape index (κ1) is 21.9. The second-order valence-corrected chi connectivity index (χ2v) is 5.13. The number of carbonyl (C=O) groups is 1. The summed E-state index contributed by atoms with van der Waals surface area (Å²) in [4.78, 5) is 19.9. The number of hydrogen-bond acceptors (Lipinski definition) is 5. The van der Waals surface area contributed by atoms with E-state index in [4.69, 9.17) is 9.15 Å². The lowest BCUT2D eigenvalue weighted by Gasteiger charge is -2.12. The van der Waals surface area contributed by atoms with Crippen LogP contribution in [0.5, 0.6) is 0 Å². The van der Waals surface area contributed by atoms with E-state index in [-0.39, 0.29) is 36.4 Å². The van der Waals surface area contributed by atoms with Gasteiger partial charge in [-0.2, -0.15) is 0 Å². The topological polar surface area (TPSA) is 101 Å². The van der Waals surface area contributed by atoms with Gasteiger partial charge in [-0.15, -0.1) is 24.0 Å². The molecule has 0 bridgehead atoms. The van der Waals surface area contributed by atoms with Crippen LogP contribution in [-0.2, 0) is 16.1 Å². The van der Waals surface area contributed by atoms with Gasteiger partial charge in [0.25, 0.3) is 0 Å². The average molecular weight is 473 g/mol. The third-order valence-electron chi connectivity index (χ3n) is 3.17. The van der Waals surface area contributed by atoms with Crippen molar-refractivity contribution in [1.29, 1.82) is 0 Å². The summed E-state index contributed by atoms with van der Waals surface area (Å²) in [6, 6.07) is 7.25. The van der Waals surface area contributed by atoms with Gasteiger partial charge in [0, 0.05) is 26.4 Å². The van der Waals surface area contributed by atoms with Crippen LogP contribution in [0, 0.1) is 0 Å². The first-order valence-electron chi connectivity index (χ1n) is 8.02. The van der Waals surface area contributed by atoms with Crippen LogP contribution in [0.1, 0.15) is 12.2 Å². The van der Waals surface area contributed by atoms with Crippen LogP contribution in [0.2, 0.25) is 0 Å². The molecule has 0 unspecified atom stereocenters. The highest BCUT2D eigenvalue weighted by Gasteiger charge is 2.04. The van der Waals surface area contributed by atoms with E-state index >= 15 is 0 Å². The fourth-order valence-corrected chi connectivity index (χ4v) is 1.97. The summed E-state index contributed by atoms with van der Waals surface area (Å²) in [6.07, 6.45) is 5.68. The van der Waals surface area contributed by atoms with Crippen LogP contribution in [-0.4, -0.2) is 43.6 Å². The Morgan fingerprint density at radius 3 is 2.88 bits per heavy atom. The third-order valence-corrected chi connectivity index (χ3v) is 3.17. The van der Waals surface area contributed by atoms with Crippen molar-refractivity contribution in [1.82, 2.24) is 15.6 Å². The van der Waals surface area contributed by atoms with Gasteiger partial charge in [-0.25, -0.2) is 0 Å². The lowest BCUT2D eigenvalue weighted by Crippen LogP contribution is -2.41. The number of pyridine rings is 1. The van der Waals surface area contributed by atoms with Crippen molar-refractivity contribution in [3.05, 3.63) is 48.7 Å². The van der Waals surface area contributed by atoms with Gasteiger partial charge >= 0.3 is 0 Å². The normalized spacial score (nSPS) is 10.7. The maximum absolute atomic E-state index is 11.8. The Bertz CT molecular complexity index is 650. The van der Waals surface area contributed by atoms with Crippen molar-refractivity contribution in [3.63, 3.8) is 0 Å². The Hall–Kier alpha value is -2.14. The maximum atomic E-state index is 11.8. The summed E-state index contributed by atoms with van der Waals surface area (Å²) in [5.41, 5.74) is 0.658. The van der Waals surface area contributed by atoms with Gasteiger partial charge in [0.1, 0.15) is 12.4 Å². The van der Waals surface area contributed by atoms with E-state index in [1.54, 1.807) is 37.8 Å². The Balaban J connectivity index is 0.00000338. The first-order chi connectivity index (χ1) is 12.3. The molecule has 0 saturated heterocycles. The number of furan rings is 1. The standard InChI is InChI=1S/C17H23N5O3.HI/c1-18-17(20-8-4-9-24-13-15-6-3-10-25-15)21-12-16(23)22-14-5-2-7-19-11-14;/h2-3,5-7,10-11H,4,8-9,12-13H2,1H3,(H,22,23)(H2,18,20,21);1H. The summed E-state index contributed by atoms with van der Waals surface area (Å²) in [5.74, 6) is 1.20. The Morgan fingerprint density at radius 1 is 1.31 bits per heavy atom. The number of nitrogens with zero attached hydrogens (tertiary/aromatic N) is 2. The van der Waals surface area contributed by atoms with Gasteiger partial charge in [-0.1, -0.05) is 0 Å². The number of hydrogen-bond donors (Lipinski definition) is 3. The van der Waals surface area contributed by atoms with Crippen molar-refractivity contribution < 1.29 is 13.9 Å². The number of halogens is 1. The molecule has 0 aliphatic heterocycles. The van der Waals surface area contributed by atoms with E-state index in [0.29, 0.717) is 31.4 Å². The molecule has 0 aliphatic carbocycles. The Morgan fingerprint density at radius 2 is 2.19 bits per heavy atom. The lowest BCUT2D eigenvalue weighted by atomic mass is 10.4. The molecular formula is C17H24IN5O3. The molecule has 2 aromatic rings. The van der Waals surface area contributed by atoms with Gasteiger partial charge in [-0.05, 0) is 30.7 Å². The van der Waals surface area contributed by atoms with Crippen molar-refractivity contribution in [2.24, 2.45) is 4.99 Å². The highest BCUT2D eigenvalue weighted by molar-refractivity contribution is 14.0. The molecular weight excluding hydrogens is 449 g/mol. The number of aliphatic imine (C=N–C) groups is 1. The zero-order chi connectivity index (χ0) is 17.7. The predicted molar refractivity (Wildman–Crippen MR) is 111 cm³/mol. The van der Waals surface area contributed by atoms with E-state index in [2.05, 4.69) is 25.9 Å². The van der Waals surface area contributed by atoms with E-state index in [1.165, 1.54) is 0 Å². The van der Waals surface area contributed by atoms with Gasteiger partial charge < -0.3 is 25.1 Å². The molecule has 0 fully saturated rings. The molecule has 1 amide bonds. The maximum Gasteiger partial charge on any atom is 0.243 e. The van der Waals surface area contributed by atoms with Gasteiger partial charge in [0.15, 0.2) is 5.96 Å². The average Bonchev–Trinajstić information content (AvgIpc) is 3.15. The largest absolute Gasteiger partial charge is 0.467 e. The zero-order valence-corrected chi connectivity index (χ0v) is 16.9. The number of nitrogens with one attached hydrogen (secondary N) is 3. The first-order valence-corrected chi connectivity index (χ1v) is 8.02. The monoisotopic (exact) mass is 473 g/mol. The zero-order valence-electron chi connectivity index (χ0n) is 14.6. The number of ether oxygens (including phenoxy) is 1. The smallest absolute Gasteiger partial charge is 0.243 e. The second kappa shape index (κ2) is 13.1. The number of rotatable bonds is 9. The second-order valence-electron chi connectivity index (χ2n) is 5.13. The molecule has 0 aromatic carbocycles. The number of aromatic nitrogens is 1. The van der Waals surface area contributed by atoms with E-state index in [9.17, 15) is 4.79 Å². The Labute approximate surface area is 169 Å². The van der Waals surface area contributed by atoms with Gasteiger partial charge in [-0.3, -0.25) is 14.8 Å². The number of carbonyl (C=O) groups excluding carboxylic acids is 1. The van der Waals surface area contributed by atoms with Crippen LogP contribution in [0.3, 0.4) is 0 Å². The highest BCUT2D eigenvalue weighted by atomic mass is 127. The molecule has 2 aromatic heterocycles. The molecule has 8 nitrogen and oxygen atoms in total. The van der Waals surface area contributed by atoms with Gasteiger partial charge in [0.2, 0.25) is 5.91 Å². The molecule has 2 rings (SSSR count). The molecule has 26 heavy (non-hydrogen) atoms. The van der Waals surface area contributed by atoms with Crippen LogP contribution in [0.15, 0.2) is 52.3 Å². The van der Waals surface area contributed by atoms with Crippen molar-refractivity contribution in [2.75, 3.05) is 32.1 Å². The molecule has 0 radical (unpaired) electrons. The van der Waals surface area contributed by atoms with E-state index in [1.807, 2.05) is 12.1 Å². The van der Waals surface area contributed by atoms with Crippen molar-refractivity contribution in [2.45, 2.75) is 13.0 Å². The molecule has 2 heterocycles. The molecule has 0 saturated carbocycles. The van der Waals surface area contributed by atoms with E-state index in [0.717, 1.165) is 12.2 Å². The lowest BCUT2D eigenvalue weighted by molar-refractivity contribution is -0.115. The fourth-order valence-electron chi connectivity index (χ4n) is 1.97. The molecule has 142 valence electrons. The van der Waals surface area contributed by atoms with Crippen LogP contribution in [0.25, 0.3) is 0 Å². The van der Waals surface area contributed by atoms with Crippen molar-refractivity contribution >= 4 is 41.5 Å². The van der Waals surface area contributed by atoms with Crippen molar-refractivity contribution in [3.8, 4) is 0 Å². The minimum atomic E-state index is -0.169. The fraction of sp³-hybridized carbons (Fsp3) is 0.353. The molecule has 9 heteroatoms. The molecule has 0 spiro atoms. The minimum absolute atomic E-state index is 0. The summed E-state index contributed by atoms with van der Waals surface area (Å²) in [7, 11) is 1.65. The molecule has 0 aliphatic rings.